The van der Waals surface area contributed by atoms with Crippen molar-refractivity contribution in [2.45, 2.75) is 19.9 Å². The van der Waals surface area contributed by atoms with Crippen LogP contribution in [0.1, 0.15) is 18.2 Å². The van der Waals surface area contributed by atoms with Gasteiger partial charge in [0.25, 0.3) is 0 Å². The Labute approximate surface area is 141 Å². The standard InChI is InChI=1S/C17H18ClN5/c1-12-11-22(7-8-23(12)15-3-5-20-6-4-15)17-16(18)9-14(10-19)13(2)21-17/h3-6,9,12H,7-8,11H2,1-2H3. The fourth-order valence-corrected chi connectivity index (χ4v) is 3.24. The molecule has 23 heavy (non-hydrogen) atoms. The minimum Gasteiger partial charge on any atom is -0.365 e. The first-order valence-electron chi connectivity index (χ1n) is 7.59. The molecule has 0 aliphatic carbocycles. The zero-order valence-electron chi connectivity index (χ0n) is 13.2. The maximum Gasteiger partial charge on any atom is 0.147 e. The first-order chi connectivity index (χ1) is 11.1. The van der Waals surface area contributed by atoms with Gasteiger partial charge in [-0.3, -0.25) is 4.98 Å². The van der Waals surface area contributed by atoms with Gasteiger partial charge in [0.15, 0.2) is 0 Å². The molecule has 0 amide bonds. The molecule has 0 saturated carbocycles. The molecule has 1 fully saturated rings. The largest absolute Gasteiger partial charge is 0.365 e. The molecule has 0 bridgehead atoms. The lowest BCUT2D eigenvalue weighted by molar-refractivity contribution is 0.547. The van der Waals surface area contributed by atoms with Crippen LogP contribution in [0.2, 0.25) is 5.02 Å². The maximum atomic E-state index is 9.07. The number of hydrogen-bond acceptors (Lipinski definition) is 5. The molecule has 2 aromatic rings. The molecular formula is C17H18ClN5. The second-order valence-electron chi connectivity index (χ2n) is 5.73. The predicted octanol–water partition coefficient (Wildman–Crippen LogP) is 3.03. The second-order valence-corrected chi connectivity index (χ2v) is 6.14. The molecule has 6 heteroatoms. The molecular weight excluding hydrogens is 310 g/mol. The molecule has 3 rings (SSSR count). The second kappa shape index (κ2) is 6.43. The van der Waals surface area contributed by atoms with Crippen LogP contribution in [0.15, 0.2) is 30.6 Å². The van der Waals surface area contributed by atoms with Crippen molar-refractivity contribution in [2.24, 2.45) is 0 Å². The molecule has 1 aliphatic rings. The molecule has 0 radical (unpaired) electrons. The van der Waals surface area contributed by atoms with Crippen molar-refractivity contribution in [3.63, 3.8) is 0 Å². The van der Waals surface area contributed by atoms with Gasteiger partial charge in [0, 0.05) is 43.8 Å². The Morgan fingerprint density at radius 3 is 2.70 bits per heavy atom. The summed E-state index contributed by atoms with van der Waals surface area (Å²) in [6.07, 6.45) is 3.63. The number of nitriles is 1. The number of aryl methyl sites for hydroxylation is 1. The smallest absolute Gasteiger partial charge is 0.147 e. The summed E-state index contributed by atoms with van der Waals surface area (Å²) in [5.41, 5.74) is 2.43. The first kappa shape index (κ1) is 15.6. The van der Waals surface area contributed by atoms with Gasteiger partial charge < -0.3 is 9.80 Å². The van der Waals surface area contributed by atoms with Gasteiger partial charge in [0.2, 0.25) is 0 Å². The van der Waals surface area contributed by atoms with E-state index in [0.717, 1.165) is 31.1 Å². The Morgan fingerprint density at radius 1 is 1.30 bits per heavy atom. The topological polar surface area (TPSA) is 56.1 Å². The Bertz CT molecular complexity index is 741. The zero-order chi connectivity index (χ0) is 16.4. The van der Waals surface area contributed by atoms with E-state index in [2.05, 4.69) is 32.8 Å². The van der Waals surface area contributed by atoms with Crippen LogP contribution in [0.3, 0.4) is 0 Å². The molecule has 2 aromatic heterocycles. The van der Waals surface area contributed by atoms with E-state index in [1.54, 1.807) is 6.07 Å². The van der Waals surface area contributed by atoms with Crippen LogP contribution >= 0.6 is 11.6 Å². The third-order valence-electron chi connectivity index (χ3n) is 4.19. The lowest BCUT2D eigenvalue weighted by Gasteiger charge is -2.42. The number of pyridine rings is 2. The number of piperazine rings is 1. The van der Waals surface area contributed by atoms with Crippen LogP contribution in [0.25, 0.3) is 0 Å². The number of halogens is 1. The van der Waals surface area contributed by atoms with E-state index in [9.17, 15) is 0 Å². The van der Waals surface area contributed by atoms with Crippen LogP contribution < -0.4 is 9.80 Å². The Hall–Kier alpha value is -2.32. The summed E-state index contributed by atoms with van der Waals surface area (Å²) in [5.74, 6) is 0.768. The lowest BCUT2D eigenvalue weighted by Crippen LogP contribution is -2.52. The van der Waals surface area contributed by atoms with Crippen LogP contribution in [0.4, 0.5) is 11.5 Å². The van der Waals surface area contributed by atoms with E-state index in [1.165, 1.54) is 5.69 Å². The third-order valence-corrected chi connectivity index (χ3v) is 4.47. The minimum absolute atomic E-state index is 0.333. The van der Waals surface area contributed by atoms with E-state index < -0.39 is 0 Å². The Balaban J connectivity index is 1.81. The summed E-state index contributed by atoms with van der Waals surface area (Å²) in [5, 5.41) is 9.61. The third kappa shape index (κ3) is 3.08. The summed E-state index contributed by atoms with van der Waals surface area (Å²) in [6, 6.07) is 8.23. The van der Waals surface area contributed by atoms with E-state index in [4.69, 9.17) is 16.9 Å². The van der Waals surface area contributed by atoms with Crippen LogP contribution in [-0.4, -0.2) is 35.6 Å². The van der Waals surface area contributed by atoms with Crippen LogP contribution in [0, 0.1) is 18.3 Å². The summed E-state index contributed by atoms with van der Waals surface area (Å²) in [7, 11) is 0. The normalized spacial score (nSPS) is 17.9. The average molecular weight is 328 g/mol. The summed E-state index contributed by atoms with van der Waals surface area (Å²) >= 11 is 6.34. The summed E-state index contributed by atoms with van der Waals surface area (Å²) in [6.45, 7) is 6.60. The molecule has 3 heterocycles. The van der Waals surface area contributed by atoms with Gasteiger partial charge in [-0.05, 0) is 32.0 Å². The van der Waals surface area contributed by atoms with Crippen molar-refractivity contribution in [1.29, 1.82) is 5.26 Å². The highest BCUT2D eigenvalue weighted by molar-refractivity contribution is 6.33. The SMILES string of the molecule is Cc1nc(N2CCN(c3ccncc3)C(C)C2)c(Cl)cc1C#N. The minimum atomic E-state index is 0.333. The number of nitrogens with zero attached hydrogens (tertiary/aromatic N) is 5. The molecule has 0 spiro atoms. The molecule has 5 nitrogen and oxygen atoms in total. The first-order valence-corrected chi connectivity index (χ1v) is 7.97. The molecule has 1 aliphatic heterocycles. The van der Waals surface area contributed by atoms with Gasteiger partial charge >= 0.3 is 0 Å². The van der Waals surface area contributed by atoms with E-state index in [-0.39, 0.29) is 0 Å². The number of hydrogen-bond donors (Lipinski definition) is 0. The average Bonchev–Trinajstić information content (AvgIpc) is 2.57. The van der Waals surface area contributed by atoms with E-state index in [0.29, 0.717) is 16.6 Å². The molecule has 0 N–H and O–H groups in total. The van der Waals surface area contributed by atoms with Gasteiger partial charge in [0.1, 0.15) is 11.9 Å². The monoisotopic (exact) mass is 327 g/mol. The van der Waals surface area contributed by atoms with Gasteiger partial charge in [-0.15, -0.1) is 0 Å². The van der Waals surface area contributed by atoms with Crippen molar-refractivity contribution in [1.82, 2.24) is 9.97 Å². The Kier molecular flexibility index (Phi) is 4.35. The van der Waals surface area contributed by atoms with Gasteiger partial charge in [-0.1, -0.05) is 11.6 Å². The number of anilines is 2. The van der Waals surface area contributed by atoms with Gasteiger partial charge in [-0.2, -0.15) is 5.26 Å². The fraction of sp³-hybridized carbons (Fsp3) is 0.353. The molecule has 1 atom stereocenters. The van der Waals surface area contributed by atoms with Crippen molar-refractivity contribution in [3.8, 4) is 6.07 Å². The highest BCUT2D eigenvalue weighted by Gasteiger charge is 2.26. The van der Waals surface area contributed by atoms with E-state index in [1.807, 2.05) is 31.5 Å². The van der Waals surface area contributed by atoms with Crippen LogP contribution in [0.5, 0.6) is 0 Å². The quantitative estimate of drug-likeness (QED) is 0.848. The van der Waals surface area contributed by atoms with Crippen molar-refractivity contribution < 1.29 is 0 Å². The van der Waals surface area contributed by atoms with Crippen molar-refractivity contribution >= 4 is 23.1 Å². The summed E-state index contributed by atoms with van der Waals surface area (Å²) < 4.78 is 0. The molecule has 0 aromatic carbocycles. The molecule has 1 unspecified atom stereocenters. The van der Waals surface area contributed by atoms with Crippen molar-refractivity contribution in [2.75, 3.05) is 29.4 Å². The number of aromatic nitrogens is 2. The molecule has 118 valence electrons. The predicted molar refractivity (Wildman–Crippen MR) is 92.0 cm³/mol. The lowest BCUT2D eigenvalue weighted by atomic mass is 10.1. The summed E-state index contributed by atoms with van der Waals surface area (Å²) in [4.78, 5) is 13.2. The van der Waals surface area contributed by atoms with Gasteiger partial charge in [-0.25, -0.2) is 4.98 Å². The highest BCUT2D eigenvalue weighted by Crippen LogP contribution is 2.29. The highest BCUT2D eigenvalue weighted by atomic mass is 35.5. The number of rotatable bonds is 2. The van der Waals surface area contributed by atoms with Crippen LogP contribution in [-0.2, 0) is 0 Å². The fourth-order valence-electron chi connectivity index (χ4n) is 2.97. The maximum absolute atomic E-state index is 9.07. The Morgan fingerprint density at radius 2 is 2.04 bits per heavy atom. The van der Waals surface area contributed by atoms with Crippen molar-refractivity contribution in [3.05, 3.63) is 46.9 Å². The van der Waals surface area contributed by atoms with E-state index >= 15 is 0 Å². The zero-order valence-corrected chi connectivity index (χ0v) is 14.0. The van der Waals surface area contributed by atoms with Gasteiger partial charge in [0.05, 0.1) is 16.3 Å². The molecule has 1 saturated heterocycles.